The van der Waals surface area contributed by atoms with Crippen LogP contribution in [0, 0.1) is 0 Å². The van der Waals surface area contributed by atoms with Crippen LogP contribution in [0.1, 0.15) is 6.92 Å². The molecule has 0 spiro atoms. The van der Waals surface area contributed by atoms with Gasteiger partial charge in [-0.3, -0.25) is 0 Å². The first kappa shape index (κ1) is 16.0. The molecule has 0 rings (SSSR count). The Hall–Kier alpha value is -0.0800. The molecule has 0 amide bonds. The van der Waals surface area contributed by atoms with E-state index in [1.807, 2.05) is 0 Å². The van der Waals surface area contributed by atoms with Crippen molar-refractivity contribution >= 4 is 24.1 Å². The largest absolute Gasteiger partial charge is 0.692 e. The topological polar surface area (TPSA) is 97.7 Å². The molecular weight excluding hydrogens is 166 g/mol. The highest BCUT2D eigenvalue weighted by atomic mass is 31.1. The molecule has 7 heteroatoms. The third-order valence-corrected chi connectivity index (χ3v) is 0. The molecule has 0 saturated heterocycles. The predicted molar refractivity (Wildman–Crippen MR) is 35.2 cm³/mol. The van der Waals surface area contributed by atoms with E-state index >= 15 is 0 Å². The Kier molecular flexibility index (Phi) is 19.2. The fourth-order valence-corrected chi connectivity index (χ4v) is 0. The van der Waals surface area contributed by atoms with E-state index in [4.69, 9.17) is 24.3 Å². The molecule has 0 aliphatic heterocycles. The van der Waals surface area contributed by atoms with Crippen LogP contribution in [0.3, 0.4) is 0 Å². The van der Waals surface area contributed by atoms with Gasteiger partial charge in [0, 0.05) is 10.5 Å². The Morgan fingerprint density at radius 3 is 1.56 bits per heavy atom. The lowest BCUT2D eigenvalue weighted by Crippen LogP contribution is -2.16. The van der Waals surface area contributed by atoms with Gasteiger partial charge in [0.1, 0.15) is 0 Å². The van der Waals surface area contributed by atoms with Crippen molar-refractivity contribution in [3.8, 4) is 0 Å². The maximum Gasteiger partial charge on any atom is 0.692 e. The molecule has 0 bridgehead atoms. The second-order valence-corrected chi connectivity index (χ2v) is 1.25. The van der Waals surface area contributed by atoms with Gasteiger partial charge in [-0.05, 0) is 16.8 Å². The first-order valence-electron chi connectivity index (χ1n) is 1.49. The first-order valence-corrected chi connectivity index (χ1v) is 2.66. The third kappa shape index (κ3) is 43400. The molecule has 0 aliphatic rings. The molecule has 0 radical (unpaired) electrons. The molecular formula is C2H9O5P2+. The lowest BCUT2D eigenvalue weighted by Gasteiger charge is -1.77. The molecule has 1 atom stereocenters. The van der Waals surface area contributed by atoms with E-state index in [9.17, 15) is 0 Å². The Morgan fingerprint density at radius 1 is 1.56 bits per heavy atom. The Balaban J connectivity index is -0.0000000720. The summed E-state index contributed by atoms with van der Waals surface area (Å²) in [6.07, 6.45) is 0. The summed E-state index contributed by atoms with van der Waals surface area (Å²) < 4.78 is 8.70. The summed E-state index contributed by atoms with van der Waals surface area (Å²) in [6, 6.07) is 0. The minimum absolute atomic E-state index is 0. The molecule has 0 saturated carbocycles. The summed E-state index contributed by atoms with van der Waals surface area (Å²) >= 11 is 0. The molecule has 0 fully saturated rings. The minimum atomic E-state index is -2.87. The fourth-order valence-electron chi connectivity index (χ4n) is 0. The van der Waals surface area contributed by atoms with Crippen LogP contribution in [0.25, 0.3) is 0 Å². The second-order valence-electron chi connectivity index (χ2n) is 0.744. The van der Waals surface area contributed by atoms with Crippen molar-refractivity contribution in [3.63, 3.8) is 0 Å². The van der Waals surface area contributed by atoms with E-state index < -0.39 is 14.2 Å². The van der Waals surface area contributed by atoms with Crippen molar-refractivity contribution < 1.29 is 24.3 Å². The van der Waals surface area contributed by atoms with Gasteiger partial charge in [0.2, 0.25) is 0 Å². The smallest absolute Gasteiger partial charge is 0.550 e. The highest BCUT2D eigenvalue weighted by Gasteiger charge is 1.93. The zero-order valence-electron chi connectivity index (χ0n) is 5.07. The quantitative estimate of drug-likeness (QED) is 0.422. The van der Waals surface area contributed by atoms with Gasteiger partial charge >= 0.3 is 8.25 Å². The van der Waals surface area contributed by atoms with E-state index in [2.05, 4.69) is 0 Å². The maximum atomic E-state index is 8.89. The van der Waals surface area contributed by atoms with Crippen molar-refractivity contribution in [2.75, 3.05) is 0 Å². The van der Waals surface area contributed by atoms with Gasteiger partial charge in [-0.1, -0.05) is 0 Å². The van der Waals surface area contributed by atoms with Crippen molar-refractivity contribution in [1.29, 1.82) is 0 Å². The van der Waals surface area contributed by atoms with E-state index in [0.717, 1.165) is 6.92 Å². The van der Waals surface area contributed by atoms with Crippen LogP contribution in [-0.4, -0.2) is 15.8 Å². The summed E-state index contributed by atoms with van der Waals surface area (Å²) in [7, 11) is -2.87. The molecule has 56 valence electrons. The van der Waals surface area contributed by atoms with Gasteiger partial charge in [0.05, 0.1) is 0 Å². The van der Waals surface area contributed by atoms with E-state index in [0.29, 0.717) is 0 Å². The number of rotatable bonds is 0. The number of carboxylic acid groups (broad SMARTS) is 1. The Labute approximate surface area is 56.3 Å². The third-order valence-electron chi connectivity index (χ3n) is 0. The number of carboxylic acids is 1. The van der Waals surface area contributed by atoms with Crippen LogP contribution < -0.4 is 5.11 Å². The molecule has 9 heavy (non-hydrogen) atoms. The normalized spacial score (nSPS) is 5.67. The fraction of sp³-hybridized carbons (Fsp3) is 0.500. The van der Waals surface area contributed by atoms with Crippen molar-refractivity contribution in [2.24, 2.45) is 0 Å². The van der Waals surface area contributed by atoms with Crippen LogP contribution in [0.15, 0.2) is 0 Å². The van der Waals surface area contributed by atoms with Crippen molar-refractivity contribution in [1.82, 2.24) is 0 Å². The summed E-state index contributed by atoms with van der Waals surface area (Å²) in [5.41, 5.74) is 0. The van der Waals surface area contributed by atoms with Gasteiger partial charge in [0.15, 0.2) is 0 Å². The van der Waals surface area contributed by atoms with Crippen LogP contribution in [0.2, 0.25) is 0 Å². The van der Waals surface area contributed by atoms with Crippen LogP contribution in [0.4, 0.5) is 0 Å². The SMILES string of the molecule is CC(=O)[O-].O=[P+](O)O.[PH4+]. The van der Waals surface area contributed by atoms with Crippen molar-refractivity contribution in [2.45, 2.75) is 6.92 Å². The molecule has 0 aromatic heterocycles. The van der Waals surface area contributed by atoms with Crippen molar-refractivity contribution in [3.05, 3.63) is 0 Å². The molecule has 0 aliphatic carbocycles. The monoisotopic (exact) mass is 175 g/mol. The number of hydrogen-bond donors (Lipinski definition) is 2. The highest BCUT2D eigenvalue weighted by Crippen LogP contribution is 1.98. The lowest BCUT2D eigenvalue weighted by atomic mass is 10.9. The van der Waals surface area contributed by atoms with Crippen LogP contribution in [-0.2, 0) is 9.36 Å². The molecule has 0 heterocycles. The predicted octanol–water partition coefficient (Wildman–Crippen LogP) is -1.82. The number of aliphatic carboxylic acids is 1. The minimum Gasteiger partial charge on any atom is -0.550 e. The summed E-state index contributed by atoms with van der Waals surface area (Å²) in [4.78, 5) is 23.1. The highest BCUT2D eigenvalue weighted by molar-refractivity contribution is 7.30. The van der Waals surface area contributed by atoms with Gasteiger partial charge in [-0.15, -0.1) is 9.79 Å². The molecule has 1 unspecified atom stereocenters. The first-order chi connectivity index (χ1) is 3.46. The Bertz CT molecular complexity index is 71.0. The van der Waals surface area contributed by atoms with E-state index in [1.54, 1.807) is 0 Å². The second kappa shape index (κ2) is 10.8. The summed E-state index contributed by atoms with van der Waals surface area (Å²) in [6.45, 7) is 0.972. The average molecular weight is 175 g/mol. The molecule has 0 aromatic carbocycles. The molecule has 0 aromatic rings. The Morgan fingerprint density at radius 2 is 1.56 bits per heavy atom. The van der Waals surface area contributed by atoms with Gasteiger partial charge in [-0.25, -0.2) is 0 Å². The van der Waals surface area contributed by atoms with E-state index in [-0.39, 0.29) is 9.90 Å². The molecule has 5 nitrogen and oxygen atoms in total. The average Bonchev–Trinajstić information content (AvgIpc) is 1.25. The lowest BCUT2D eigenvalue weighted by molar-refractivity contribution is -0.302. The summed E-state index contributed by atoms with van der Waals surface area (Å²) in [5.74, 6) is -1.08. The van der Waals surface area contributed by atoms with Gasteiger partial charge in [-0.2, -0.15) is 0 Å². The number of hydrogen-bond acceptors (Lipinski definition) is 3. The van der Waals surface area contributed by atoms with Crippen LogP contribution in [0.5, 0.6) is 0 Å². The molecule has 2 N–H and O–H groups in total. The van der Waals surface area contributed by atoms with E-state index in [1.165, 1.54) is 0 Å². The van der Waals surface area contributed by atoms with Gasteiger partial charge < -0.3 is 9.90 Å². The maximum absolute atomic E-state index is 8.89. The number of carbonyl (C=O) groups excluding carboxylic acids is 1. The zero-order valence-corrected chi connectivity index (χ0v) is 7.96. The zero-order chi connectivity index (χ0) is 7.15. The van der Waals surface area contributed by atoms with Gasteiger partial charge in [0.25, 0.3) is 0 Å². The standard InChI is InChI=1S/C2H4O2.HO3P.H3P/c1-2(3)4;1-4(2)3;/h1H3,(H,3,4);(H-,1,2,3);1H3/p+1. The number of carbonyl (C=O) groups is 1. The van der Waals surface area contributed by atoms with Crippen LogP contribution >= 0.6 is 18.2 Å². The summed E-state index contributed by atoms with van der Waals surface area (Å²) in [5, 5.41) is 8.89.